The molecule has 3 N–H and O–H groups in total. The first-order valence-electron chi connectivity index (χ1n) is 12.0. The molecule has 23 heteroatoms. The Bertz CT molecular complexity index is 1740. The Hall–Kier alpha value is -2.22. The third-order valence-corrected chi connectivity index (χ3v) is 7.74. The Labute approximate surface area is 296 Å². The van der Waals surface area contributed by atoms with E-state index < -0.39 is 61.8 Å². The van der Waals surface area contributed by atoms with Crippen LogP contribution in [0.3, 0.4) is 0 Å². The fraction of sp³-hybridized carbons (Fsp3) is 0.273. The molecule has 232 valence electrons. The van der Waals surface area contributed by atoms with Crippen molar-refractivity contribution in [2.45, 2.75) is 31.8 Å². The molecular formula is C22H22N4Na2O15P2. The van der Waals surface area contributed by atoms with Crippen LogP contribution in [0.4, 0.5) is 11.4 Å². The van der Waals surface area contributed by atoms with Gasteiger partial charge in [-0.15, -0.1) is 0 Å². The van der Waals surface area contributed by atoms with E-state index in [1.54, 1.807) is 0 Å². The number of rotatable bonds is 12. The van der Waals surface area contributed by atoms with E-state index in [0.717, 1.165) is 53.1 Å². The van der Waals surface area contributed by atoms with Crippen molar-refractivity contribution in [3.63, 3.8) is 0 Å². The van der Waals surface area contributed by atoms with Gasteiger partial charge in [0, 0.05) is 102 Å². The van der Waals surface area contributed by atoms with E-state index in [4.69, 9.17) is 22.8 Å². The third-order valence-electron chi connectivity index (χ3n) is 5.84. The third kappa shape index (κ3) is 10.7. The van der Waals surface area contributed by atoms with Gasteiger partial charge < -0.3 is 13.8 Å². The number of nitro groups is 2. The van der Waals surface area contributed by atoms with E-state index in [0.29, 0.717) is 0 Å². The Kier molecular flexibility index (Phi) is 13.9. The van der Waals surface area contributed by atoms with E-state index in [2.05, 4.69) is 4.98 Å². The predicted molar refractivity (Wildman–Crippen MR) is 154 cm³/mol. The van der Waals surface area contributed by atoms with Crippen molar-refractivity contribution in [1.29, 1.82) is 0 Å². The van der Waals surface area contributed by atoms with Gasteiger partial charge in [0.15, 0.2) is 0 Å². The van der Waals surface area contributed by atoms with E-state index in [1.165, 1.54) is 13.1 Å². The van der Waals surface area contributed by atoms with Gasteiger partial charge in [0.2, 0.25) is 0 Å². The monoisotopic (exact) mass is 690 g/mol. The fourth-order valence-electron chi connectivity index (χ4n) is 3.84. The summed E-state index contributed by atoms with van der Waals surface area (Å²) in [4.78, 5) is 67.1. The molecule has 45 heavy (non-hydrogen) atoms. The molecule has 5 atom stereocenters. The molecule has 0 bridgehead atoms. The molecule has 1 aliphatic rings. The number of aryl methyl sites for hydroxylation is 1. The number of non-ortho nitro benzene ring substituents is 2. The normalized spacial score (nSPS) is 20.0. The number of nitrogens with one attached hydrogen (secondary N) is 1. The first-order chi connectivity index (χ1) is 20.1. The number of aromatic nitrogens is 2. The summed E-state index contributed by atoms with van der Waals surface area (Å²) < 4.78 is 52.2. The number of hydrogen-bond acceptors (Lipinski definition) is 13. The molecule has 0 saturated carbocycles. The zero-order chi connectivity index (χ0) is 31.5. The Morgan fingerprint density at radius 2 is 1.42 bits per heavy atom. The molecule has 1 aromatic heterocycles. The summed E-state index contributed by atoms with van der Waals surface area (Å²) >= 11 is 0. The molecule has 2 radical (unpaired) electrons. The van der Waals surface area contributed by atoms with Crippen molar-refractivity contribution in [3.05, 3.63) is 101 Å². The average molecular weight is 690 g/mol. The second-order valence-corrected chi connectivity index (χ2v) is 11.6. The van der Waals surface area contributed by atoms with E-state index in [-0.39, 0.29) is 94.0 Å². The van der Waals surface area contributed by atoms with Crippen molar-refractivity contribution >= 4 is 86.1 Å². The van der Waals surface area contributed by atoms with Gasteiger partial charge in [-0.1, -0.05) is 0 Å². The summed E-state index contributed by atoms with van der Waals surface area (Å²) in [5.41, 5.74) is -2.02. The number of benzene rings is 2. The van der Waals surface area contributed by atoms with E-state index in [9.17, 15) is 48.7 Å². The van der Waals surface area contributed by atoms with Gasteiger partial charge in [-0.2, -0.15) is 0 Å². The molecule has 2 aromatic carbocycles. The summed E-state index contributed by atoms with van der Waals surface area (Å²) in [6, 6.07) is 8.32. The van der Waals surface area contributed by atoms with E-state index >= 15 is 0 Å². The molecule has 0 amide bonds. The van der Waals surface area contributed by atoms with Gasteiger partial charge in [-0.05, 0) is 31.2 Å². The van der Waals surface area contributed by atoms with Crippen LogP contribution in [0.25, 0.3) is 0 Å². The van der Waals surface area contributed by atoms with Crippen molar-refractivity contribution < 1.29 is 51.6 Å². The number of hydrogen-bond donors (Lipinski definition) is 3. The van der Waals surface area contributed by atoms with Crippen molar-refractivity contribution in [3.8, 4) is 11.5 Å². The molecular weight excluding hydrogens is 668 g/mol. The number of nitro benzene ring substituents is 2. The summed E-state index contributed by atoms with van der Waals surface area (Å²) in [5, 5.41) is 21.6. The molecule has 1 saturated heterocycles. The molecule has 4 rings (SSSR count). The van der Waals surface area contributed by atoms with Crippen LogP contribution >= 0.6 is 15.6 Å². The van der Waals surface area contributed by atoms with Gasteiger partial charge in [0.1, 0.15) is 29.9 Å². The maximum atomic E-state index is 12.8. The zero-order valence-electron chi connectivity index (χ0n) is 23.8. The number of nitrogens with zero attached hydrogens (tertiary/aromatic N) is 3. The number of H-pyrrole nitrogens is 1. The first-order valence-corrected chi connectivity index (χ1v) is 15.0. The SMILES string of the molecule is Cc1cn([C@H]2C[C@H](OP(=O)(O)Oc3ccc([N+](=O)[O-])cc3)[C@@H](COP(=O)(O)Oc3ccc([N+](=O)[O-])cc3)O2)c(=O)[nH]c1=O.[Na].[Na]. The Balaban J connectivity index is 0.00000353. The molecule has 0 spiro atoms. The summed E-state index contributed by atoms with van der Waals surface area (Å²) in [6.45, 7) is 0.617. The molecule has 2 unspecified atom stereocenters. The minimum absolute atomic E-state index is 0. The van der Waals surface area contributed by atoms with Gasteiger partial charge in [0.25, 0.3) is 16.9 Å². The number of phosphoric acid groups is 2. The topological polar surface area (TPSA) is 262 Å². The van der Waals surface area contributed by atoms with Crippen LogP contribution < -0.4 is 20.3 Å². The van der Waals surface area contributed by atoms with Crippen LogP contribution in [-0.2, 0) is 22.9 Å². The second kappa shape index (κ2) is 16.1. The molecule has 3 aromatic rings. The van der Waals surface area contributed by atoms with Crippen LogP contribution in [-0.4, -0.2) is 107 Å². The minimum atomic E-state index is -4.99. The standard InChI is InChI=1S/C22H22N4O15P2.2Na/c1-13-11-24(22(28)23-21(13)27)20-10-18(41-43(35,36)40-17-8-4-15(5-9-17)26(31)32)19(38-20)12-37-42(33,34)39-16-6-2-14(3-7-16)25(29)30;;/h2-9,11,18-20H,10,12H2,1H3,(H,33,34)(H,35,36)(H,23,27,28);;/t18-,19+,20+;;/m0../s1. The Morgan fingerprint density at radius 1 is 0.933 bits per heavy atom. The van der Waals surface area contributed by atoms with Crippen molar-refractivity contribution in [1.82, 2.24) is 9.55 Å². The second-order valence-electron chi connectivity index (χ2n) is 8.90. The zero-order valence-corrected chi connectivity index (χ0v) is 29.6. The molecule has 1 fully saturated rings. The van der Waals surface area contributed by atoms with Crippen LogP contribution in [0.15, 0.2) is 64.3 Å². The molecule has 19 nitrogen and oxygen atoms in total. The quantitative estimate of drug-likeness (QED) is 0.106. The summed E-state index contributed by atoms with van der Waals surface area (Å²) in [7, 11) is -9.89. The summed E-state index contributed by atoms with van der Waals surface area (Å²) in [5.74, 6) is -0.510. The maximum Gasteiger partial charge on any atom is 0.527 e. The van der Waals surface area contributed by atoms with Gasteiger partial charge in [0.05, 0.1) is 16.5 Å². The number of phosphoric ester groups is 2. The van der Waals surface area contributed by atoms with Crippen molar-refractivity contribution in [2.75, 3.05) is 6.61 Å². The van der Waals surface area contributed by atoms with Gasteiger partial charge in [-0.3, -0.25) is 53.4 Å². The van der Waals surface area contributed by atoms with Crippen LogP contribution in [0.2, 0.25) is 0 Å². The molecule has 1 aliphatic heterocycles. The predicted octanol–water partition coefficient (Wildman–Crippen LogP) is 1.95. The smallest absolute Gasteiger partial charge is 0.404 e. The fourth-order valence-corrected chi connectivity index (χ4v) is 5.61. The largest absolute Gasteiger partial charge is 0.527 e. The average Bonchev–Trinajstić information content (AvgIpc) is 3.31. The maximum absolute atomic E-state index is 12.8. The molecule has 0 aliphatic carbocycles. The van der Waals surface area contributed by atoms with Gasteiger partial charge >= 0.3 is 21.3 Å². The van der Waals surface area contributed by atoms with Crippen molar-refractivity contribution in [2.24, 2.45) is 0 Å². The summed E-state index contributed by atoms with van der Waals surface area (Å²) in [6.07, 6.45) is -3.17. The van der Waals surface area contributed by atoms with Crippen LogP contribution in [0.5, 0.6) is 11.5 Å². The number of aromatic amines is 1. The molecule has 2 heterocycles. The first kappa shape index (κ1) is 39.0. The minimum Gasteiger partial charge on any atom is -0.404 e. The Morgan fingerprint density at radius 3 is 1.91 bits per heavy atom. The number of ether oxygens (including phenoxy) is 1. The van der Waals surface area contributed by atoms with Crippen LogP contribution in [0, 0.1) is 27.2 Å². The van der Waals surface area contributed by atoms with Crippen LogP contribution in [0.1, 0.15) is 18.2 Å². The van der Waals surface area contributed by atoms with E-state index in [1.807, 2.05) is 0 Å². The van der Waals surface area contributed by atoms with Gasteiger partial charge in [-0.25, -0.2) is 13.9 Å².